The topological polar surface area (TPSA) is 84.6 Å². The average molecular weight is 191 g/mol. The van der Waals surface area contributed by atoms with E-state index in [1.54, 1.807) is 6.92 Å². The van der Waals surface area contributed by atoms with Crippen molar-refractivity contribution in [2.75, 3.05) is 5.75 Å². The van der Waals surface area contributed by atoms with Crippen LogP contribution in [0.25, 0.3) is 0 Å². The van der Waals surface area contributed by atoms with Crippen molar-refractivity contribution in [1.29, 1.82) is 0 Å². The quantitative estimate of drug-likeness (QED) is 0.259. The van der Waals surface area contributed by atoms with Crippen molar-refractivity contribution in [2.45, 2.75) is 26.4 Å². The normalized spacial score (nSPS) is 17.9. The standard InChI is InChI=1S/C7H17N3OS/c1-5(2)7(3,11)4-12-6(8)10-9/h5,11H,4,9H2,1-3H3,(H2,8,10). The van der Waals surface area contributed by atoms with Crippen LogP contribution >= 0.6 is 11.8 Å². The predicted molar refractivity (Wildman–Crippen MR) is 53.7 cm³/mol. The third kappa shape index (κ3) is 3.82. The lowest BCUT2D eigenvalue weighted by molar-refractivity contribution is 0.0378. The van der Waals surface area contributed by atoms with E-state index in [1.165, 1.54) is 11.8 Å². The van der Waals surface area contributed by atoms with Crippen molar-refractivity contribution < 1.29 is 5.11 Å². The molecule has 1 atom stereocenters. The monoisotopic (exact) mass is 191 g/mol. The van der Waals surface area contributed by atoms with Crippen LogP contribution in [0.4, 0.5) is 0 Å². The van der Waals surface area contributed by atoms with Crippen molar-refractivity contribution in [2.24, 2.45) is 22.6 Å². The van der Waals surface area contributed by atoms with Crippen molar-refractivity contribution in [3.05, 3.63) is 0 Å². The molecule has 1 unspecified atom stereocenters. The van der Waals surface area contributed by atoms with E-state index in [0.717, 1.165) is 0 Å². The maximum atomic E-state index is 9.76. The molecule has 0 heterocycles. The van der Waals surface area contributed by atoms with Gasteiger partial charge in [0.2, 0.25) is 0 Å². The van der Waals surface area contributed by atoms with Gasteiger partial charge in [0.05, 0.1) is 5.60 Å². The number of rotatable bonds is 3. The van der Waals surface area contributed by atoms with Crippen LogP contribution in [0.3, 0.4) is 0 Å². The molecule has 0 spiro atoms. The van der Waals surface area contributed by atoms with E-state index < -0.39 is 5.60 Å². The molecule has 0 aromatic rings. The van der Waals surface area contributed by atoms with Gasteiger partial charge < -0.3 is 16.7 Å². The zero-order chi connectivity index (χ0) is 9.78. The molecule has 0 bridgehead atoms. The molecule has 0 aliphatic carbocycles. The second-order valence-electron chi connectivity index (χ2n) is 3.27. The van der Waals surface area contributed by atoms with Gasteiger partial charge in [0.25, 0.3) is 0 Å². The van der Waals surface area contributed by atoms with Gasteiger partial charge in [-0.15, -0.1) is 0 Å². The van der Waals surface area contributed by atoms with Crippen molar-refractivity contribution >= 4 is 16.9 Å². The van der Waals surface area contributed by atoms with Gasteiger partial charge in [0.15, 0.2) is 5.17 Å². The van der Waals surface area contributed by atoms with Crippen LogP contribution < -0.4 is 11.6 Å². The lowest BCUT2D eigenvalue weighted by atomic mass is 9.95. The number of hydrogen-bond acceptors (Lipinski definition) is 4. The van der Waals surface area contributed by atoms with Crippen LogP contribution in [0, 0.1) is 5.92 Å². The fraction of sp³-hybridized carbons (Fsp3) is 0.857. The highest BCUT2D eigenvalue weighted by atomic mass is 32.2. The molecule has 4 nitrogen and oxygen atoms in total. The summed E-state index contributed by atoms with van der Waals surface area (Å²) in [7, 11) is 0. The minimum absolute atomic E-state index is 0.190. The third-order valence-electron chi connectivity index (χ3n) is 1.88. The van der Waals surface area contributed by atoms with Gasteiger partial charge in [-0.25, -0.2) is 0 Å². The third-order valence-corrected chi connectivity index (χ3v) is 3.01. The molecule has 0 aliphatic rings. The Morgan fingerprint density at radius 3 is 2.50 bits per heavy atom. The van der Waals surface area contributed by atoms with Gasteiger partial charge in [0, 0.05) is 5.75 Å². The zero-order valence-corrected chi connectivity index (χ0v) is 8.56. The summed E-state index contributed by atoms with van der Waals surface area (Å²) in [6, 6.07) is 0. The Morgan fingerprint density at radius 1 is 1.67 bits per heavy atom. The number of hydrazone groups is 1. The average Bonchev–Trinajstić information content (AvgIpc) is 2.00. The smallest absolute Gasteiger partial charge is 0.177 e. The summed E-state index contributed by atoms with van der Waals surface area (Å²) in [6.45, 7) is 5.68. The molecule has 0 aromatic carbocycles. The highest BCUT2D eigenvalue weighted by molar-refractivity contribution is 8.13. The second kappa shape index (κ2) is 4.57. The van der Waals surface area contributed by atoms with Crippen molar-refractivity contribution in [3.63, 3.8) is 0 Å². The first-order valence-electron chi connectivity index (χ1n) is 3.78. The van der Waals surface area contributed by atoms with Gasteiger partial charge in [-0.1, -0.05) is 25.6 Å². The van der Waals surface area contributed by atoms with E-state index in [1.807, 2.05) is 13.8 Å². The van der Waals surface area contributed by atoms with Gasteiger partial charge in [-0.2, -0.15) is 5.10 Å². The molecule has 0 fully saturated rings. The van der Waals surface area contributed by atoms with Crippen LogP contribution in [0.2, 0.25) is 0 Å². The molecule has 5 heteroatoms. The Morgan fingerprint density at radius 2 is 2.17 bits per heavy atom. The van der Waals surface area contributed by atoms with E-state index in [-0.39, 0.29) is 5.92 Å². The highest BCUT2D eigenvalue weighted by Gasteiger charge is 2.25. The predicted octanol–water partition coefficient (Wildman–Crippen LogP) is 0.315. The Hall–Kier alpha value is -0.420. The Bertz CT molecular complexity index is 168. The zero-order valence-electron chi connectivity index (χ0n) is 7.74. The molecule has 0 saturated heterocycles. The molecule has 0 aliphatic heterocycles. The second-order valence-corrected chi connectivity index (χ2v) is 4.26. The van der Waals surface area contributed by atoms with Crippen LogP contribution in [-0.2, 0) is 0 Å². The molecule has 0 amide bonds. The molecule has 0 saturated carbocycles. The summed E-state index contributed by atoms with van der Waals surface area (Å²) in [6.07, 6.45) is 0. The maximum Gasteiger partial charge on any atom is 0.177 e. The Kier molecular flexibility index (Phi) is 4.41. The number of nitrogens with two attached hydrogens (primary N) is 2. The lowest BCUT2D eigenvalue weighted by Gasteiger charge is -2.26. The first-order chi connectivity index (χ1) is 5.40. The number of hydrogen-bond donors (Lipinski definition) is 3. The minimum Gasteiger partial charge on any atom is -0.389 e. The number of thioether (sulfide) groups is 1. The van der Waals surface area contributed by atoms with Crippen LogP contribution in [0.1, 0.15) is 20.8 Å². The first kappa shape index (κ1) is 11.6. The van der Waals surface area contributed by atoms with Gasteiger partial charge in [-0.3, -0.25) is 0 Å². The van der Waals surface area contributed by atoms with Gasteiger partial charge in [0.1, 0.15) is 0 Å². The minimum atomic E-state index is -0.722. The van der Waals surface area contributed by atoms with E-state index >= 15 is 0 Å². The molecule has 5 N–H and O–H groups in total. The Balaban J connectivity index is 3.92. The van der Waals surface area contributed by atoms with Crippen molar-refractivity contribution in [3.8, 4) is 0 Å². The molecular weight excluding hydrogens is 174 g/mol. The largest absolute Gasteiger partial charge is 0.389 e. The molecule has 0 aromatic heterocycles. The van der Waals surface area contributed by atoms with Gasteiger partial charge in [-0.05, 0) is 12.8 Å². The summed E-state index contributed by atoms with van der Waals surface area (Å²) in [5, 5.41) is 13.4. The lowest BCUT2D eigenvalue weighted by Crippen LogP contribution is -2.35. The number of aliphatic hydroxyl groups is 1. The fourth-order valence-corrected chi connectivity index (χ4v) is 1.27. The highest BCUT2D eigenvalue weighted by Crippen LogP contribution is 2.21. The Labute approximate surface area is 77.4 Å². The SMILES string of the molecule is CC(C)C(C)(O)CSC(N)=NN. The summed E-state index contributed by atoms with van der Waals surface area (Å²) in [5.41, 5.74) is 4.63. The van der Waals surface area contributed by atoms with Crippen LogP contribution in [-0.4, -0.2) is 21.6 Å². The van der Waals surface area contributed by atoms with Crippen LogP contribution in [0.15, 0.2) is 5.10 Å². The summed E-state index contributed by atoms with van der Waals surface area (Å²) >= 11 is 1.26. The summed E-state index contributed by atoms with van der Waals surface area (Å²) < 4.78 is 0. The van der Waals surface area contributed by atoms with E-state index in [2.05, 4.69) is 5.10 Å². The van der Waals surface area contributed by atoms with Crippen molar-refractivity contribution in [1.82, 2.24) is 0 Å². The van der Waals surface area contributed by atoms with E-state index in [9.17, 15) is 5.11 Å². The molecule has 0 radical (unpaired) electrons. The molecular formula is C7H17N3OS. The molecule has 72 valence electrons. The van der Waals surface area contributed by atoms with Crippen LogP contribution in [0.5, 0.6) is 0 Å². The van der Waals surface area contributed by atoms with E-state index in [4.69, 9.17) is 11.6 Å². The van der Waals surface area contributed by atoms with E-state index in [0.29, 0.717) is 10.9 Å². The molecule has 0 rings (SSSR count). The number of amidine groups is 1. The maximum absolute atomic E-state index is 9.76. The fourth-order valence-electron chi connectivity index (χ4n) is 0.424. The first-order valence-corrected chi connectivity index (χ1v) is 4.77. The summed E-state index contributed by atoms with van der Waals surface area (Å²) in [5.74, 6) is 5.64. The molecule has 12 heavy (non-hydrogen) atoms. The number of nitrogens with zero attached hydrogens (tertiary/aromatic N) is 1. The van der Waals surface area contributed by atoms with Gasteiger partial charge >= 0.3 is 0 Å². The summed E-state index contributed by atoms with van der Waals surface area (Å²) in [4.78, 5) is 0.